The number of imide groups is 1. The number of nitrogens with one attached hydrogen (secondary N) is 3. The molecule has 1 aromatic heterocycles. The van der Waals surface area contributed by atoms with Crippen molar-refractivity contribution in [2.24, 2.45) is 0 Å². The SMILES string of the molecule is CC1=CNN(N[C@H](C)c2cc(N)cc(C(F)(F)F)c2)c2cc(-c3cccc(CN4CCN(c5ccc(C6CCC(=O)NC6=O)cc5)CC4)c3)ncc21. The van der Waals surface area contributed by atoms with Gasteiger partial charge in [-0.25, -0.2) is 10.5 Å². The van der Waals surface area contributed by atoms with Gasteiger partial charge >= 0.3 is 6.18 Å². The lowest BCUT2D eigenvalue weighted by atomic mass is 9.90. The first-order valence-corrected chi connectivity index (χ1v) is 17.4. The minimum atomic E-state index is -4.50. The number of hydrazine groups is 2. The van der Waals surface area contributed by atoms with Crippen LogP contribution in [0, 0.1) is 0 Å². The first-order valence-electron chi connectivity index (χ1n) is 17.4. The molecule has 13 heteroatoms. The topological polar surface area (TPSA) is 119 Å². The number of amides is 2. The number of hydrogen-bond donors (Lipinski definition) is 4. The van der Waals surface area contributed by atoms with Gasteiger partial charge in [0.1, 0.15) is 0 Å². The lowest BCUT2D eigenvalue weighted by Crippen LogP contribution is -2.49. The monoisotopic (exact) mass is 710 g/mol. The maximum atomic E-state index is 13.5. The molecule has 10 nitrogen and oxygen atoms in total. The smallest absolute Gasteiger partial charge is 0.399 e. The molecule has 3 aliphatic heterocycles. The van der Waals surface area contributed by atoms with E-state index in [9.17, 15) is 22.8 Å². The van der Waals surface area contributed by atoms with E-state index in [1.54, 1.807) is 18.1 Å². The predicted octanol–water partition coefficient (Wildman–Crippen LogP) is 6.14. The average molecular weight is 711 g/mol. The Balaban J connectivity index is 1.00. The molecule has 270 valence electrons. The summed E-state index contributed by atoms with van der Waals surface area (Å²) >= 11 is 0. The van der Waals surface area contributed by atoms with E-state index in [0.29, 0.717) is 18.4 Å². The third-order valence-corrected chi connectivity index (χ3v) is 9.99. The van der Waals surface area contributed by atoms with Crippen LogP contribution in [0.2, 0.25) is 0 Å². The lowest BCUT2D eigenvalue weighted by molar-refractivity contribution is -0.138. The molecule has 7 rings (SSSR count). The molecule has 3 aliphatic rings. The number of pyridine rings is 1. The van der Waals surface area contributed by atoms with Crippen LogP contribution in [0.5, 0.6) is 0 Å². The van der Waals surface area contributed by atoms with Gasteiger partial charge in [0.05, 0.1) is 28.9 Å². The zero-order valence-electron chi connectivity index (χ0n) is 29.0. The number of halogens is 3. The molecular weight excluding hydrogens is 669 g/mol. The maximum absolute atomic E-state index is 13.5. The van der Waals surface area contributed by atoms with E-state index < -0.39 is 17.8 Å². The van der Waals surface area contributed by atoms with Crippen LogP contribution in [-0.2, 0) is 22.3 Å². The van der Waals surface area contributed by atoms with Crippen molar-refractivity contribution in [3.05, 3.63) is 113 Å². The third kappa shape index (κ3) is 7.60. The van der Waals surface area contributed by atoms with Crippen molar-refractivity contribution in [1.29, 1.82) is 0 Å². The van der Waals surface area contributed by atoms with Crippen molar-refractivity contribution in [3.63, 3.8) is 0 Å². The van der Waals surface area contributed by atoms with Gasteiger partial charge in [-0.3, -0.25) is 30.2 Å². The number of fused-ring (bicyclic) bond motifs is 1. The normalized spacial score (nSPS) is 18.7. The van der Waals surface area contributed by atoms with Gasteiger partial charge in [0.25, 0.3) is 0 Å². The molecule has 3 aromatic carbocycles. The highest BCUT2D eigenvalue weighted by atomic mass is 19.4. The minimum absolute atomic E-state index is 0.0489. The van der Waals surface area contributed by atoms with Gasteiger partial charge in [-0.2, -0.15) is 13.2 Å². The summed E-state index contributed by atoms with van der Waals surface area (Å²) in [6.45, 7) is 8.07. The number of nitrogens with two attached hydrogens (primary N) is 1. The number of rotatable bonds is 8. The largest absolute Gasteiger partial charge is 0.416 e. The number of piperidine rings is 1. The number of aromatic nitrogens is 1. The molecular formula is C39H41F3N8O2. The summed E-state index contributed by atoms with van der Waals surface area (Å²) in [6.07, 6.45) is 0.0440. The number of hydrogen-bond acceptors (Lipinski definition) is 9. The van der Waals surface area contributed by atoms with E-state index in [1.807, 2.05) is 49.7 Å². The van der Waals surface area contributed by atoms with E-state index in [-0.39, 0.29) is 23.4 Å². The number of benzene rings is 3. The summed E-state index contributed by atoms with van der Waals surface area (Å²) < 4.78 is 40.5. The van der Waals surface area contributed by atoms with Gasteiger partial charge in [-0.1, -0.05) is 30.3 Å². The van der Waals surface area contributed by atoms with Crippen LogP contribution in [0.4, 0.5) is 30.2 Å². The number of anilines is 3. The van der Waals surface area contributed by atoms with Crippen LogP contribution >= 0.6 is 0 Å². The summed E-state index contributed by atoms with van der Waals surface area (Å²) in [6, 6.07) is 21.5. The summed E-state index contributed by atoms with van der Waals surface area (Å²) in [4.78, 5) is 33.4. The van der Waals surface area contributed by atoms with Crippen LogP contribution in [0.15, 0.2) is 85.2 Å². The molecule has 0 spiro atoms. The third-order valence-electron chi connectivity index (χ3n) is 9.99. The predicted molar refractivity (Wildman–Crippen MR) is 195 cm³/mol. The summed E-state index contributed by atoms with van der Waals surface area (Å²) in [7, 11) is 0. The van der Waals surface area contributed by atoms with Gasteiger partial charge in [-0.05, 0) is 85.0 Å². The Morgan fingerprint density at radius 3 is 2.50 bits per heavy atom. The highest BCUT2D eigenvalue weighted by Gasteiger charge is 2.32. The fourth-order valence-corrected chi connectivity index (χ4v) is 7.05. The fourth-order valence-electron chi connectivity index (χ4n) is 7.05. The van der Waals surface area contributed by atoms with Crippen molar-refractivity contribution < 1.29 is 22.8 Å². The van der Waals surface area contributed by atoms with Crippen LogP contribution in [0.1, 0.15) is 66.5 Å². The van der Waals surface area contributed by atoms with Gasteiger partial charge < -0.3 is 10.6 Å². The standard InChI is InChI=1S/C39H41F3N8O2/c1-24-21-45-50(47-25(2)29-17-30(39(40,41)42)19-31(43)18-29)36-20-35(44-22-34(24)36)28-5-3-4-26(16-28)23-48-12-14-49(15-13-48)32-8-6-27(7-9-32)33-10-11-37(51)46-38(33)52/h3-9,16-22,25,33,45,47H,10-15,23,43H2,1-2H3,(H,46,51,52)/t25-,33?/m1/s1. The number of nitrogen functional groups attached to an aromatic ring is 1. The summed E-state index contributed by atoms with van der Waals surface area (Å²) in [5.74, 6) is -0.714. The van der Waals surface area contributed by atoms with E-state index in [4.69, 9.17) is 10.7 Å². The molecule has 52 heavy (non-hydrogen) atoms. The van der Waals surface area contributed by atoms with Crippen LogP contribution < -0.4 is 31.9 Å². The molecule has 2 atom stereocenters. The molecule has 0 saturated carbocycles. The van der Waals surface area contributed by atoms with Gasteiger partial charge in [0.2, 0.25) is 11.8 Å². The molecule has 0 bridgehead atoms. The Bertz CT molecular complexity index is 2010. The Morgan fingerprint density at radius 1 is 1.00 bits per heavy atom. The highest BCUT2D eigenvalue weighted by molar-refractivity contribution is 6.01. The number of nitrogens with zero attached hydrogens (tertiary/aromatic N) is 4. The first kappa shape index (κ1) is 35.0. The van der Waals surface area contributed by atoms with Crippen molar-refractivity contribution in [3.8, 4) is 11.3 Å². The van der Waals surface area contributed by atoms with Crippen molar-refractivity contribution in [2.75, 3.05) is 41.9 Å². The number of carbonyl (C=O) groups is 2. The van der Waals surface area contributed by atoms with Gasteiger partial charge in [-0.15, -0.1) is 0 Å². The van der Waals surface area contributed by atoms with E-state index >= 15 is 0 Å². The lowest BCUT2D eigenvalue weighted by Gasteiger charge is -2.36. The molecule has 0 aliphatic carbocycles. The number of carbonyl (C=O) groups excluding carboxylic acids is 2. The second-order valence-electron chi connectivity index (χ2n) is 13.7. The minimum Gasteiger partial charge on any atom is -0.399 e. The highest BCUT2D eigenvalue weighted by Crippen LogP contribution is 2.35. The molecule has 4 aromatic rings. The Morgan fingerprint density at radius 2 is 1.77 bits per heavy atom. The quantitative estimate of drug-likeness (QED) is 0.126. The molecule has 2 fully saturated rings. The van der Waals surface area contributed by atoms with Gasteiger partial charge in [0.15, 0.2) is 0 Å². The van der Waals surface area contributed by atoms with Crippen LogP contribution in [-0.4, -0.2) is 47.9 Å². The molecule has 4 heterocycles. The molecule has 5 N–H and O–H groups in total. The summed E-state index contributed by atoms with van der Waals surface area (Å²) in [5, 5.41) is 4.15. The second kappa shape index (κ2) is 14.3. The second-order valence-corrected chi connectivity index (χ2v) is 13.7. The van der Waals surface area contributed by atoms with Crippen LogP contribution in [0.25, 0.3) is 16.8 Å². The van der Waals surface area contributed by atoms with Crippen molar-refractivity contribution in [1.82, 2.24) is 26.1 Å². The molecule has 0 radical (unpaired) electrons. The van der Waals surface area contributed by atoms with Gasteiger partial charge in [0, 0.05) is 74.0 Å². The van der Waals surface area contributed by atoms with Crippen molar-refractivity contribution >= 4 is 34.4 Å². The summed E-state index contributed by atoms with van der Waals surface area (Å²) in [5.41, 5.74) is 19.6. The Hall–Kier alpha value is -5.40. The molecule has 2 saturated heterocycles. The Labute approximate surface area is 300 Å². The fraction of sp³-hybridized carbons (Fsp3) is 0.308. The van der Waals surface area contributed by atoms with E-state index in [1.165, 1.54) is 5.56 Å². The zero-order chi connectivity index (χ0) is 36.6. The van der Waals surface area contributed by atoms with E-state index in [2.05, 4.69) is 50.2 Å². The molecule has 1 unspecified atom stereocenters. The molecule has 2 amide bonds. The van der Waals surface area contributed by atoms with Crippen LogP contribution in [0.3, 0.4) is 0 Å². The maximum Gasteiger partial charge on any atom is 0.416 e. The zero-order valence-corrected chi connectivity index (χ0v) is 29.0. The number of allylic oxidation sites excluding steroid dienone is 1. The Kier molecular flexibility index (Phi) is 9.64. The first-order chi connectivity index (χ1) is 24.9. The van der Waals surface area contributed by atoms with Crippen molar-refractivity contribution in [2.45, 2.75) is 51.4 Å². The number of piperazine rings is 1. The average Bonchev–Trinajstić information content (AvgIpc) is 3.12. The number of alkyl halides is 3. The van der Waals surface area contributed by atoms with E-state index in [0.717, 1.165) is 84.2 Å².